The van der Waals surface area contributed by atoms with Gasteiger partial charge in [-0.25, -0.2) is 0 Å². The molecular weight excluding hydrogens is 166 g/mol. The summed E-state index contributed by atoms with van der Waals surface area (Å²) in [6, 6.07) is 0. The summed E-state index contributed by atoms with van der Waals surface area (Å²) >= 11 is 0. The van der Waals surface area contributed by atoms with Gasteiger partial charge in [0.15, 0.2) is 0 Å². The Labute approximate surface area is 80.5 Å². The zero-order valence-corrected chi connectivity index (χ0v) is 8.84. The number of hydrogen-bond acceptors (Lipinski definition) is 2. The molecule has 0 spiro atoms. The lowest BCUT2D eigenvalue weighted by molar-refractivity contribution is -0.123. The minimum atomic E-state index is 0.238. The lowest BCUT2D eigenvalue weighted by Crippen LogP contribution is -2.33. The molecule has 1 aliphatic rings. The fraction of sp³-hybridized carbons (Fsp3) is 0.900. The maximum Gasteiger partial charge on any atom is 0.220 e. The van der Waals surface area contributed by atoms with E-state index in [0.717, 1.165) is 26.0 Å². The fourth-order valence-corrected chi connectivity index (χ4v) is 1.72. The first-order valence-electron chi connectivity index (χ1n) is 4.90. The van der Waals surface area contributed by atoms with Crippen molar-refractivity contribution in [1.82, 2.24) is 5.32 Å². The third-order valence-corrected chi connectivity index (χ3v) is 2.15. The van der Waals surface area contributed by atoms with Crippen LogP contribution in [0.5, 0.6) is 0 Å². The van der Waals surface area contributed by atoms with Gasteiger partial charge in [-0.05, 0) is 24.7 Å². The quantitative estimate of drug-likeness (QED) is 0.681. The van der Waals surface area contributed by atoms with Gasteiger partial charge in [-0.3, -0.25) is 4.79 Å². The lowest BCUT2D eigenvalue weighted by atomic mass is 9.89. The summed E-state index contributed by atoms with van der Waals surface area (Å²) in [5.74, 6) is 1.61. The number of rotatable bonds is 2. The van der Waals surface area contributed by atoms with E-state index >= 15 is 0 Å². The van der Waals surface area contributed by atoms with E-state index in [1.807, 2.05) is 0 Å². The van der Waals surface area contributed by atoms with E-state index in [4.69, 9.17) is 5.11 Å². The lowest BCUT2D eigenvalue weighted by Gasteiger charge is -2.23. The van der Waals surface area contributed by atoms with Crippen LogP contribution in [-0.4, -0.2) is 24.7 Å². The number of hydrogen-bond donors (Lipinski definition) is 2. The van der Waals surface area contributed by atoms with Crippen LogP contribution in [0.3, 0.4) is 0 Å². The number of piperidine rings is 1. The molecule has 0 aromatic rings. The zero-order valence-electron chi connectivity index (χ0n) is 8.84. The summed E-state index contributed by atoms with van der Waals surface area (Å²) in [5, 5.41) is 9.85. The molecule has 3 nitrogen and oxygen atoms in total. The molecule has 1 amide bonds. The summed E-state index contributed by atoms with van der Waals surface area (Å²) in [5.41, 5.74) is 0. The number of carbonyl (C=O) groups excluding carboxylic acids is 1. The molecule has 1 fully saturated rings. The summed E-state index contributed by atoms with van der Waals surface area (Å²) in [4.78, 5) is 10.9. The summed E-state index contributed by atoms with van der Waals surface area (Å²) in [6.45, 7) is 5.31. The van der Waals surface area contributed by atoms with E-state index in [0.29, 0.717) is 5.92 Å². The van der Waals surface area contributed by atoms with Crippen LogP contribution in [-0.2, 0) is 4.79 Å². The summed E-state index contributed by atoms with van der Waals surface area (Å²) in [6.07, 6.45) is 3.12. The van der Waals surface area contributed by atoms with Crippen molar-refractivity contribution in [2.45, 2.75) is 33.1 Å². The number of aliphatic hydroxyl groups is 1. The SMILES string of the molecule is CC(C)CC1CCNC(=O)C1.CO. The Bertz CT molecular complexity index is 146. The predicted molar refractivity (Wildman–Crippen MR) is 53.3 cm³/mol. The van der Waals surface area contributed by atoms with Gasteiger partial charge in [-0.1, -0.05) is 13.8 Å². The van der Waals surface area contributed by atoms with E-state index < -0.39 is 0 Å². The normalized spacial score (nSPS) is 21.9. The van der Waals surface area contributed by atoms with Gasteiger partial charge in [-0.2, -0.15) is 0 Å². The van der Waals surface area contributed by atoms with Crippen LogP contribution >= 0.6 is 0 Å². The van der Waals surface area contributed by atoms with Crippen molar-refractivity contribution in [3.8, 4) is 0 Å². The van der Waals surface area contributed by atoms with E-state index in [2.05, 4.69) is 19.2 Å². The van der Waals surface area contributed by atoms with Crippen LogP contribution < -0.4 is 5.32 Å². The van der Waals surface area contributed by atoms with E-state index in [9.17, 15) is 4.79 Å². The van der Waals surface area contributed by atoms with Crippen LogP contribution in [0.15, 0.2) is 0 Å². The number of amides is 1. The molecule has 0 aromatic heterocycles. The van der Waals surface area contributed by atoms with Gasteiger partial charge in [0, 0.05) is 20.1 Å². The zero-order chi connectivity index (χ0) is 10.3. The van der Waals surface area contributed by atoms with Crippen molar-refractivity contribution in [2.24, 2.45) is 11.8 Å². The molecule has 2 N–H and O–H groups in total. The van der Waals surface area contributed by atoms with Crippen molar-refractivity contribution >= 4 is 5.91 Å². The second kappa shape index (κ2) is 6.89. The highest BCUT2D eigenvalue weighted by molar-refractivity contribution is 5.76. The predicted octanol–water partition coefficient (Wildman–Crippen LogP) is 1.17. The van der Waals surface area contributed by atoms with Crippen molar-refractivity contribution in [3.63, 3.8) is 0 Å². The molecule has 1 atom stereocenters. The second-order valence-electron chi connectivity index (χ2n) is 3.84. The minimum absolute atomic E-state index is 0.238. The number of nitrogens with one attached hydrogen (secondary N) is 1. The first-order chi connectivity index (χ1) is 6.18. The molecule has 1 unspecified atom stereocenters. The van der Waals surface area contributed by atoms with Crippen molar-refractivity contribution in [2.75, 3.05) is 13.7 Å². The van der Waals surface area contributed by atoms with Gasteiger partial charge in [-0.15, -0.1) is 0 Å². The molecule has 0 aliphatic carbocycles. The Morgan fingerprint density at radius 3 is 2.62 bits per heavy atom. The summed E-state index contributed by atoms with van der Waals surface area (Å²) in [7, 11) is 1.00. The molecule has 0 radical (unpaired) electrons. The fourth-order valence-electron chi connectivity index (χ4n) is 1.72. The minimum Gasteiger partial charge on any atom is -0.400 e. The maximum absolute atomic E-state index is 10.9. The molecule has 78 valence electrons. The number of aliphatic hydroxyl groups excluding tert-OH is 1. The van der Waals surface area contributed by atoms with Gasteiger partial charge in [0.1, 0.15) is 0 Å². The first-order valence-corrected chi connectivity index (χ1v) is 4.90. The van der Waals surface area contributed by atoms with E-state index in [1.54, 1.807) is 0 Å². The van der Waals surface area contributed by atoms with E-state index in [-0.39, 0.29) is 5.91 Å². The van der Waals surface area contributed by atoms with Crippen LogP contribution in [0.1, 0.15) is 33.1 Å². The van der Waals surface area contributed by atoms with Crippen molar-refractivity contribution < 1.29 is 9.90 Å². The standard InChI is InChI=1S/C9H17NO.CH4O/c1-7(2)5-8-3-4-10-9(11)6-8;1-2/h7-8H,3-6H2,1-2H3,(H,10,11);2H,1H3. The highest BCUT2D eigenvalue weighted by atomic mass is 16.2. The molecule has 0 saturated carbocycles. The van der Waals surface area contributed by atoms with Gasteiger partial charge in [0.2, 0.25) is 5.91 Å². The van der Waals surface area contributed by atoms with Crippen molar-refractivity contribution in [1.29, 1.82) is 0 Å². The Morgan fingerprint density at radius 2 is 2.15 bits per heavy atom. The molecule has 1 rings (SSSR count). The third-order valence-electron chi connectivity index (χ3n) is 2.15. The average Bonchev–Trinajstić information content (AvgIpc) is 2.06. The third kappa shape index (κ3) is 5.64. The first kappa shape index (κ1) is 12.4. The Morgan fingerprint density at radius 1 is 1.54 bits per heavy atom. The monoisotopic (exact) mass is 187 g/mol. The highest BCUT2D eigenvalue weighted by Crippen LogP contribution is 2.20. The van der Waals surface area contributed by atoms with Crippen LogP contribution in [0.25, 0.3) is 0 Å². The molecule has 1 saturated heterocycles. The largest absolute Gasteiger partial charge is 0.400 e. The maximum atomic E-state index is 10.9. The summed E-state index contributed by atoms with van der Waals surface area (Å²) < 4.78 is 0. The molecule has 0 aromatic carbocycles. The van der Waals surface area contributed by atoms with Gasteiger partial charge < -0.3 is 10.4 Å². The van der Waals surface area contributed by atoms with Gasteiger partial charge in [0.25, 0.3) is 0 Å². The number of carbonyl (C=O) groups is 1. The van der Waals surface area contributed by atoms with Crippen LogP contribution in [0.2, 0.25) is 0 Å². The average molecular weight is 187 g/mol. The Kier molecular flexibility index (Phi) is 6.59. The smallest absolute Gasteiger partial charge is 0.220 e. The Balaban J connectivity index is 0.000000671. The molecule has 3 heteroatoms. The van der Waals surface area contributed by atoms with Gasteiger partial charge in [0.05, 0.1) is 0 Å². The topological polar surface area (TPSA) is 49.3 Å². The van der Waals surface area contributed by atoms with E-state index in [1.165, 1.54) is 12.8 Å². The van der Waals surface area contributed by atoms with Crippen LogP contribution in [0, 0.1) is 11.8 Å². The molecule has 1 heterocycles. The highest BCUT2D eigenvalue weighted by Gasteiger charge is 2.19. The van der Waals surface area contributed by atoms with Gasteiger partial charge >= 0.3 is 0 Å². The molecular formula is C10H21NO2. The van der Waals surface area contributed by atoms with Crippen LogP contribution in [0.4, 0.5) is 0 Å². The molecule has 1 aliphatic heterocycles. The molecule has 0 bridgehead atoms. The molecule has 13 heavy (non-hydrogen) atoms. The second-order valence-corrected chi connectivity index (χ2v) is 3.84. The Hall–Kier alpha value is -0.570. The van der Waals surface area contributed by atoms with Crippen molar-refractivity contribution in [3.05, 3.63) is 0 Å².